The Balaban J connectivity index is 1.91. The second-order valence-electron chi connectivity index (χ2n) is 5.51. The van der Waals surface area contributed by atoms with Gasteiger partial charge in [0, 0.05) is 16.6 Å². The van der Waals surface area contributed by atoms with Gasteiger partial charge in [0.15, 0.2) is 0 Å². The highest BCUT2D eigenvalue weighted by Gasteiger charge is 2.19. The van der Waals surface area contributed by atoms with Crippen molar-refractivity contribution in [1.29, 1.82) is 0 Å². The van der Waals surface area contributed by atoms with Crippen molar-refractivity contribution in [2.45, 2.75) is 18.9 Å². The Kier molecular flexibility index (Phi) is 7.10. The van der Waals surface area contributed by atoms with Crippen LogP contribution >= 0.6 is 23.2 Å². The molecule has 4 N–H and O–H groups in total. The van der Waals surface area contributed by atoms with E-state index in [4.69, 9.17) is 28.9 Å². The van der Waals surface area contributed by atoms with Gasteiger partial charge in [-0.1, -0.05) is 53.5 Å². The number of amides is 3. The smallest absolute Gasteiger partial charge is 0.312 e. The molecule has 0 radical (unpaired) electrons. The number of carbonyl (C=O) groups is 2. The first-order chi connectivity index (χ1) is 12.0. The molecule has 0 heterocycles. The van der Waals surface area contributed by atoms with Crippen molar-refractivity contribution in [2.75, 3.05) is 6.54 Å². The van der Waals surface area contributed by atoms with E-state index in [0.717, 1.165) is 5.56 Å². The predicted octanol–water partition coefficient (Wildman–Crippen LogP) is 3.45. The summed E-state index contributed by atoms with van der Waals surface area (Å²) in [6, 6.07) is 13.2. The maximum atomic E-state index is 12.2. The summed E-state index contributed by atoms with van der Waals surface area (Å²) in [5.41, 5.74) is 6.93. The van der Waals surface area contributed by atoms with Gasteiger partial charge in [0.25, 0.3) is 0 Å². The number of halogens is 2. The van der Waals surface area contributed by atoms with Crippen molar-refractivity contribution in [3.05, 3.63) is 69.7 Å². The first-order valence-electron chi connectivity index (χ1n) is 7.77. The summed E-state index contributed by atoms with van der Waals surface area (Å²) >= 11 is 12.0. The highest BCUT2D eigenvalue weighted by atomic mass is 35.5. The Labute approximate surface area is 156 Å². The zero-order chi connectivity index (χ0) is 18.2. The zero-order valence-corrected chi connectivity index (χ0v) is 15.0. The molecule has 2 rings (SSSR count). The molecule has 25 heavy (non-hydrogen) atoms. The maximum Gasteiger partial charge on any atom is 0.312 e. The van der Waals surface area contributed by atoms with E-state index in [-0.39, 0.29) is 12.3 Å². The Morgan fingerprint density at radius 1 is 1.04 bits per heavy atom. The molecule has 0 bridgehead atoms. The van der Waals surface area contributed by atoms with Gasteiger partial charge in [-0.15, -0.1) is 0 Å². The molecule has 0 aliphatic carbocycles. The summed E-state index contributed by atoms with van der Waals surface area (Å²) in [5, 5.41) is 6.53. The number of carbonyl (C=O) groups excluding carboxylic acids is 2. The molecule has 5 nitrogen and oxygen atoms in total. The number of benzene rings is 2. The topological polar surface area (TPSA) is 84.2 Å². The molecule has 2 aromatic rings. The summed E-state index contributed by atoms with van der Waals surface area (Å²) in [7, 11) is 0. The molecule has 2 aromatic carbocycles. The van der Waals surface area contributed by atoms with Crippen molar-refractivity contribution in [3.8, 4) is 0 Å². The molecule has 7 heteroatoms. The van der Waals surface area contributed by atoms with Crippen LogP contribution in [0.3, 0.4) is 0 Å². The normalized spacial score (nSPS) is 11.6. The van der Waals surface area contributed by atoms with Crippen molar-refractivity contribution in [1.82, 2.24) is 10.6 Å². The third-order valence-corrected chi connectivity index (χ3v) is 4.23. The van der Waals surface area contributed by atoms with E-state index < -0.39 is 12.1 Å². The van der Waals surface area contributed by atoms with Crippen molar-refractivity contribution in [3.63, 3.8) is 0 Å². The summed E-state index contributed by atoms with van der Waals surface area (Å²) in [6.45, 7) is 0.478. The van der Waals surface area contributed by atoms with E-state index in [2.05, 4.69) is 10.6 Å². The lowest BCUT2D eigenvalue weighted by molar-refractivity contribution is -0.121. The van der Waals surface area contributed by atoms with Crippen molar-refractivity contribution >= 4 is 35.1 Å². The number of hydrogen-bond acceptors (Lipinski definition) is 2. The van der Waals surface area contributed by atoms with Gasteiger partial charge >= 0.3 is 6.03 Å². The van der Waals surface area contributed by atoms with E-state index >= 15 is 0 Å². The molecule has 1 atom stereocenters. The van der Waals surface area contributed by atoms with E-state index in [9.17, 15) is 9.59 Å². The van der Waals surface area contributed by atoms with Crippen LogP contribution in [0.2, 0.25) is 10.0 Å². The average molecular weight is 380 g/mol. The number of nitrogens with one attached hydrogen (secondary N) is 2. The quantitative estimate of drug-likeness (QED) is 0.687. The van der Waals surface area contributed by atoms with Crippen LogP contribution in [0.15, 0.2) is 48.5 Å². The average Bonchev–Trinajstić information content (AvgIpc) is 2.56. The molecule has 0 spiro atoms. The second-order valence-corrected chi connectivity index (χ2v) is 6.36. The van der Waals surface area contributed by atoms with Crippen molar-refractivity contribution < 1.29 is 9.59 Å². The van der Waals surface area contributed by atoms with E-state index in [1.54, 1.807) is 24.3 Å². The zero-order valence-electron chi connectivity index (χ0n) is 13.5. The van der Waals surface area contributed by atoms with Gasteiger partial charge in [-0.2, -0.15) is 0 Å². The maximum absolute atomic E-state index is 12.2. The Morgan fingerprint density at radius 2 is 1.72 bits per heavy atom. The van der Waals surface area contributed by atoms with Crippen LogP contribution in [0.1, 0.15) is 23.6 Å². The van der Waals surface area contributed by atoms with Crippen LogP contribution in [0.5, 0.6) is 0 Å². The molecule has 3 amide bonds. The van der Waals surface area contributed by atoms with Gasteiger partial charge in [-0.25, -0.2) is 4.79 Å². The third kappa shape index (κ3) is 6.29. The minimum Gasteiger partial charge on any atom is -0.356 e. The highest BCUT2D eigenvalue weighted by Crippen LogP contribution is 2.25. The lowest BCUT2D eigenvalue weighted by atomic mass is 10.0. The first-order valence-corrected chi connectivity index (χ1v) is 8.53. The molecule has 0 aliphatic rings. The molecular weight excluding hydrogens is 361 g/mol. The Bertz CT molecular complexity index is 735. The minimum atomic E-state index is -0.709. The Morgan fingerprint density at radius 3 is 2.36 bits per heavy atom. The van der Waals surface area contributed by atoms with Gasteiger partial charge in [0.05, 0.1) is 12.5 Å². The fraction of sp³-hybridized carbons (Fsp3) is 0.222. The van der Waals surface area contributed by atoms with Gasteiger partial charge in [-0.05, 0) is 35.7 Å². The van der Waals surface area contributed by atoms with Crippen LogP contribution in [0.25, 0.3) is 0 Å². The molecule has 0 aromatic heterocycles. The number of hydrogen-bond donors (Lipinski definition) is 3. The summed E-state index contributed by atoms with van der Waals surface area (Å²) in [4.78, 5) is 23.4. The molecule has 0 saturated carbocycles. The molecular formula is C18H19Cl2N3O2. The van der Waals surface area contributed by atoms with Crippen LogP contribution in [-0.4, -0.2) is 18.5 Å². The number of nitrogens with two attached hydrogens (primary N) is 1. The van der Waals surface area contributed by atoms with Crippen LogP contribution in [0, 0.1) is 0 Å². The first kappa shape index (κ1) is 19.1. The number of rotatable bonds is 7. The predicted molar refractivity (Wildman–Crippen MR) is 99.7 cm³/mol. The lowest BCUT2D eigenvalue weighted by Crippen LogP contribution is -2.37. The fourth-order valence-electron chi connectivity index (χ4n) is 2.42. The van der Waals surface area contributed by atoms with Crippen LogP contribution in [-0.2, 0) is 11.2 Å². The Hall–Kier alpha value is -2.24. The van der Waals surface area contributed by atoms with E-state index in [1.807, 2.05) is 24.3 Å². The van der Waals surface area contributed by atoms with Gasteiger partial charge in [0.2, 0.25) is 5.91 Å². The van der Waals surface area contributed by atoms with E-state index in [0.29, 0.717) is 28.6 Å². The molecule has 0 aliphatic heterocycles. The molecule has 0 fully saturated rings. The largest absolute Gasteiger partial charge is 0.356 e. The molecule has 132 valence electrons. The standard InChI is InChI=1S/C18H19Cl2N3O2/c19-13-7-5-12(6-8-13)9-10-22-17(24)11-16(23-18(21)25)14-3-1-2-4-15(14)20/h1-8,16H,9-11H2,(H,22,24)(H3,21,23,25). The highest BCUT2D eigenvalue weighted by molar-refractivity contribution is 6.31. The SMILES string of the molecule is NC(=O)NC(CC(=O)NCCc1ccc(Cl)cc1)c1ccccc1Cl. The molecule has 0 saturated heterocycles. The number of urea groups is 1. The minimum absolute atomic E-state index is 0.0489. The van der Waals surface area contributed by atoms with Gasteiger partial charge < -0.3 is 16.4 Å². The number of primary amides is 1. The molecule has 1 unspecified atom stereocenters. The van der Waals surface area contributed by atoms with E-state index in [1.165, 1.54) is 0 Å². The second kappa shape index (κ2) is 9.30. The summed E-state index contributed by atoms with van der Waals surface area (Å²) in [5.74, 6) is -0.201. The van der Waals surface area contributed by atoms with Crippen LogP contribution in [0.4, 0.5) is 4.79 Å². The fourth-order valence-corrected chi connectivity index (χ4v) is 2.82. The van der Waals surface area contributed by atoms with Gasteiger partial charge in [-0.3, -0.25) is 4.79 Å². The van der Waals surface area contributed by atoms with Crippen molar-refractivity contribution in [2.24, 2.45) is 5.73 Å². The lowest BCUT2D eigenvalue weighted by Gasteiger charge is -2.19. The van der Waals surface area contributed by atoms with Gasteiger partial charge in [0.1, 0.15) is 0 Å². The summed E-state index contributed by atoms with van der Waals surface area (Å²) in [6.07, 6.45) is 0.732. The monoisotopic (exact) mass is 379 g/mol. The third-order valence-electron chi connectivity index (χ3n) is 3.64. The summed E-state index contributed by atoms with van der Waals surface area (Å²) < 4.78 is 0. The van der Waals surface area contributed by atoms with Crippen LogP contribution < -0.4 is 16.4 Å².